The van der Waals surface area contributed by atoms with Gasteiger partial charge in [-0.2, -0.15) is 0 Å². The van der Waals surface area contributed by atoms with Crippen molar-refractivity contribution in [2.75, 3.05) is 13.2 Å². The second-order valence-electron chi connectivity index (χ2n) is 19.2. The van der Waals surface area contributed by atoms with Gasteiger partial charge < -0.3 is 14.2 Å². The zero-order chi connectivity index (χ0) is 46.5. The number of allylic oxidation sites excluding steroid dienone is 4. The summed E-state index contributed by atoms with van der Waals surface area (Å²) >= 11 is 0. The summed E-state index contributed by atoms with van der Waals surface area (Å²) in [4.78, 5) is 38.1. The summed E-state index contributed by atoms with van der Waals surface area (Å²) in [5, 5.41) is 0. The highest BCUT2D eigenvalue weighted by atomic mass is 16.6. The molecule has 6 nitrogen and oxygen atoms in total. The van der Waals surface area contributed by atoms with E-state index in [-0.39, 0.29) is 31.1 Å². The molecule has 0 radical (unpaired) electrons. The van der Waals surface area contributed by atoms with E-state index in [1.54, 1.807) is 0 Å². The average Bonchev–Trinajstić information content (AvgIpc) is 3.29. The van der Waals surface area contributed by atoms with Crippen molar-refractivity contribution >= 4 is 17.9 Å². The summed E-state index contributed by atoms with van der Waals surface area (Å²) in [6, 6.07) is 0. The van der Waals surface area contributed by atoms with Crippen LogP contribution in [0.5, 0.6) is 0 Å². The molecule has 0 heterocycles. The summed E-state index contributed by atoms with van der Waals surface area (Å²) in [5.41, 5.74) is 0. The molecule has 0 saturated heterocycles. The normalized spacial score (nSPS) is 12.1. The van der Waals surface area contributed by atoms with Crippen LogP contribution in [0.2, 0.25) is 0 Å². The number of hydrogen-bond acceptors (Lipinski definition) is 6. The molecule has 1 atom stereocenters. The molecule has 0 aliphatic rings. The minimum atomic E-state index is -0.773. The van der Waals surface area contributed by atoms with E-state index in [0.717, 1.165) is 64.2 Å². The Bertz CT molecular complexity index is 1040. The number of unbranched alkanes of at least 4 members (excludes halogenated alkanes) is 37. The maximum atomic E-state index is 12.8. The van der Waals surface area contributed by atoms with Crippen LogP contribution < -0.4 is 0 Å². The summed E-state index contributed by atoms with van der Waals surface area (Å²) in [5.74, 6) is -0.866. The van der Waals surface area contributed by atoms with E-state index in [9.17, 15) is 14.4 Å². The Labute approximate surface area is 398 Å². The summed E-state index contributed by atoms with van der Waals surface area (Å²) in [6.07, 6.45) is 61.6. The SMILES string of the molecule is CCCCCC/C=C\CCCCCCCCCC(=O)OC(COC(=O)CCCCCCC/C=C\CCCCCCCCC)COC(=O)CCCCCCCCCCCCCCCCC. The highest BCUT2D eigenvalue weighted by Crippen LogP contribution is 2.16. The first-order valence-electron chi connectivity index (χ1n) is 28.3. The van der Waals surface area contributed by atoms with Gasteiger partial charge in [-0.05, 0) is 70.6 Å². The standard InChI is InChI=1S/C58H108O6/c1-4-7-10-13-16-19-22-25-28-31-33-36-39-42-45-48-51-57(60)63-54-55(64-58(61)52-49-46-43-40-37-34-30-27-24-21-18-15-12-9-6-3)53-62-56(59)50-47-44-41-38-35-32-29-26-23-20-17-14-11-8-5-2/h21,24,28,31,55H,4-20,22-23,25-27,29-30,32-54H2,1-3H3/b24-21-,31-28-. The van der Waals surface area contributed by atoms with Crippen molar-refractivity contribution < 1.29 is 28.6 Å². The van der Waals surface area contributed by atoms with Crippen molar-refractivity contribution in [1.29, 1.82) is 0 Å². The fourth-order valence-electron chi connectivity index (χ4n) is 8.37. The van der Waals surface area contributed by atoms with Gasteiger partial charge in [0.1, 0.15) is 13.2 Å². The zero-order valence-corrected chi connectivity index (χ0v) is 43.1. The number of carbonyl (C=O) groups excluding carboxylic acids is 3. The molecular weight excluding hydrogens is 793 g/mol. The van der Waals surface area contributed by atoms with Crippen LogP contribution in [0.1, 0.15) is 310 Å². The molecule has 0 aliphatic carbocycles. The molecule has 0 fully saturated rings. The first kappa shape index (κ1) is 61.9. The molecule has 0 spiro atoms. The molecule has 376 valence electrons. The lowest BCUT2D eigenvalue weighted by Gasteiger charge is -2.18. The lowest BCUT2D eigenvalue weighted by molar-refractivity contribution is -0.167. The van der Waals surface area contributed by atoms with E-state index in [2.05, 4.69) is 45.1 Å². The number of carbonyl (C=O) groups is 3. The zero-order valence-electron chi connectivity index (χ0n) is 43.1. The number of ether oxygens (including phenoxy) is 3. The molecular formula is C58H108O6. The Morgan fingerprint density at radius 2 is 0.516 bits per heavy atom. The highest BCUT2D eigenvalue weighted by Gasteiger charge is 2.19. The van der Waals surface area contributed by atoms with Crippen LogP contribution in [0.4, 0.5) is 0 Å². The van der Waals surface area contributed by atoms with Crippen LogP contribution in [-0.2, 0) is 28.6 Å². The van der Waals surface area contributed by atoms with Gasteiger partial charge in [0.15, 0.2) is 6.10 Å². The molecule has 1 unspecified atom stereocenters. The van der Waals surface area contributed by atoms with E-state index >= 15 is 0 Å². The number of rotatable bonds is 52. The van der Waals surface area contributed by atoms with E-state index in [4.69, 9.17) is 14.2 Å². The van der Waals surface area contributed by atoms with Gasteiger partial charge in [-0.3, -0.25) is 14.4 Å². The third kappa shape index (κ3) is 50.9. The first-order chi connectivity index (χ1) is 31.5. The minimum absolute atomic E-state index is 0.0713. The molecule has 0 N–H and O–H groups in total. The maximum absolute atomic E-state index is 12.8. The Kier molecular flexibility index (Phi) is 51.7. The third-order valence-corrected chi connectivity index (χ3v) is 12.7. The topological polar surface area (TPSA) is 78.9 Å². The van der Waals surface area contributed by atoms with Gasteiger partial charge in [0.05, 0.1) is 0 Å². The molecule has 0 rings (SSSR count). The molecule has 0 bridgehead atoms. The van der Waals surface area contributed by atoms with Crippen LogP contribution in [-0.4, -0.2) is 37.2 Å². The Morgan fingerprint density at radius 3 is 0.797 bits per heavy atom. The molecule has 0 amide bonds. The monoisotopic (exact) mass is 901 g/mol. The molecule has 64 heavy (non-hydrogen) atoms. The average molecular weight is 901 g/mol. The number of esters is 3. The van der Waals surface area contributed by atoms with Gasteiger partial charge >= 0.3 is 17.9 Å². The molecule has 6 heteroatoms. The second kappa shape index (κ2) is 53.5. The van der Waals surface area contributed by atoms with Gasteiger partial charge in [-0.15, -0.1) is 0 Å². The van der Waals surface area contributed by atoms with Crippen LogP contribution in [0.3, 0.4) is 0 Å². The van der Waals surface area contributed by atoms with Crippen molar-refractivity contribution in [3.63, 3.8) is 0 Å². The fraction of sp³-hybridized carbons (Fsp3) is 0.879. The molecule has 0 aromatic carbocycles. The van der Waals surface area contributed by atoms with Crippen LogP contribution in [0, 0.1) is 0 Å². The predicted molar refractivity (Wildman–Crippen MR) is 275 cm³/mol. The van der Waals surface area contributed by atoms with E-state index in [1.807, 2.05) is 0 Å². The smallest absolute Gasteiger partial charge is 0.306 e. The van der Waals surface area contributed by atoms with E-state index in [0.29, 0.717) is 19.3 Å². The predicted octanol–water partition coefficient (Wildman–Crippen LogP) is 18.7. The van der Waals surface area contributed by atoms with E-state index < -0.39 is 6.10 Å². The lowest BCUT2D eigenvalue weighted by atomic mass is 10.0. The molecule has 0 aliphatic heterocycles. The van der Waals surface area contributed by atoms with Crippen molar-refractivity contribution in [2.24, 2.45) is 0 Å². The molecule has 0 saturated carbocycles. The largest absolute Gasteiger partial charge is 0.462 e. The third-order valence-electron chi connectivity index (χ3n) is 12.7. The summed E-state index contributed by atoms with van der Waals surface area (Å²) < 4.78 is 16.9. The van der Waals surface area contributed by atoms with Gasteiger partial charge in [0.25, 0.3) is 0 Å². The Balaban J connectivity index is 4.35. The Morgan fingerprint density at radius 1 is 0.297 bits per heavy atom. The highest BCUT2D eigenvalue weighted by molar-refractivity contribution is 5.71. The summed E-state index contributed by atoms with van der Waals surface area (Å²) in [6.45, 7) is 6.66. The lowest BCUT2D eigenvalue weighted by Crippen LogP contribution is -2.30. The maximum Gasteiger partial charge on any atom is 0.306 e. The van der Waals surface area contributed by atoms with Crippen molar-refractivity contribution in [3.8, 4) is 0 Å². The van der Waals surface area contributed by atoms with Crippen LogP contribution >= 0.6 is 0 Å². The fourth-order valence-corrected chi connectivity index (χ4v) is 8.37. The second-order valence-corrected chi connectivity index (χ2v) is 19.2. The van der Waals surface area contributed by atoms with Gasteiger partial charge in [-0.25, -0.2) is 0 Å². The molecule has 0 aromatic rings. The van der Waals surface area contributed by atoms with Crippen molar-refractivity contribution in [1.82, 2.24) is 0 Å². The number of hydrogen-bond donors (Lipinski definition) is 0. The van der Waals surface area contributed by atoms with Gasteiger partial charge in [0, 0.05) is 19.3 Å². The quantitative estimate of drug-likeness (QED) is 0.0262. The summed E-state index contributed by atoms with van der Waals surface area (Å²) in [7, 11) is 0. The molecule has 0 aromatic heterocycles. The minimum Gasteiger partial charge on any atom is -0.462 e. The van der Waals surface area contributed by atoms with Crippen LogP contribution in [0.25, 0.3) is 0 Å². The van der Waals surface area contributed by atoms with Crippen LogP contribution in [0.15, 0.2) is 24.3 Å². The first-order valence-corrected chi connectivity index (χ1v) is 28.3. The Hall–Kier alpha value is -2.11. The van der Waals surface area contributed by atoms with Gasteiger partial charge in [0.2, 0.25) is 0 Å². The van der Waals surface area contributed by atoms with E-state index in [1.165, 1.54) is 205 Å². The van der Waals surface area contributed by atoms with Gasteiger partial charge in [-0.1, -0.05) is 244 Å². The van der Waals surface area contributed by atoms with Crippen molar-refractivity contribution in [3.05, 3.63) is 24.3 Å². The van der Waals surface area contributed by atoms with Crippen molar-refractivity contribution in [2.45, 2.75) is 316 Å².